The van der Waals surface area contributed by atoms with E-state index in [-0.39, 0.29) is 0 Å². The van der Waals surface area contributed by atoms with Crippen molar-refractivity contribution >= 4 is 34.3 Å². The molecule has 0 amide bonds. The van der Waals surface area contributed by atoms with Gasteiger partial charge in [0.1, 0.15) is 11.2 Å². The fourth-order valence-electron chi connectivity index (χ4n) is 4.04. The lowest BCUT2D eigenvalue weighted by atomic mass is 10.0. The molecule has 32 heavy (non-hydrogen) atoms. The van der Waals surface area contributed by atoms with Crippen LogP contribution in [0.2, 0.25) is 5.02 Å². The lowest BCUT2D eigenvalue weighted by molar-refractivity contribution is 0.110. The highest BCUT2D eigenvalue weighted by Crippen LogP contribution is 2.29. The van der Waals surface area contributed by atoms with E-state index in [1.54, 1.807) is 6.20 Å². The highest BCUT2D eigenvalue weighted by molar-refractivity contribution is 6.30. The number of fused-ring (bicyclic) bond motifs is 1. The zero-order valence-electron chi connectivity index (χ0n) is 17.8. The van der Waals surface area contributed by atoms with E-state index < -0.39 is 5.60 Å². The van der Waals surface area contributed by atoms with Crippen molar-refractivity contribution in [3.8, 4) is 17.5 Å². The van der Waals surface area contributed by atoms with Gasteiger partial charge >= 0.3 is 0 Å². The smallest absolute Gasteiger partial charge is 0.229 e. The second kappa shape index (κ2) is 8.31. The standard InChI is InChI=1S/C26H23ClN4O/c1-18-7-8-21(27)16-23(18)29-25-28-17-20-10-14-31(24(20)30-25)22-6-4-5-19(15-22)9-13-26(32)11-2-3-12-26/h4-8,10,14-17,32H,2-3,11-12H2,1H3,(H,28,29,30). The lowest BCUT2D eigenvalue weighted by Gasteiger charge is -2.13. The Balaban J connectivity index is 1.48. The summed E-state index contributed by atoms with van der Waals surface area (Å²) in [6.07, 6.45) is 7.35. The first-order chi connectivity index (χ1) is 15.5. The van der Waals surface area contributed by atoms with E-state index in [0.29, 0.717) is 11.0 Å². The minimum atomic E-state index is -0.845. The zero-order valence-corrected chi connectivity index (χ0v) is 18.5. The second-order valence-electron chi connectivity index (χ2n) is 8.28. The summed E-state index contributed by atoms with van der Waals surface area (Å²) >= 11 is 6.14. The van der Waals surface area contributed by atoms with Crippen LogP contribution < -0.4 is 5.32 Å². The molecule has 0 atom stereocenters. The second-order valence-corrected chi connectivity index (χ2v) is 8.72. The highest BCUT2D eigenvalue weighted by Gasteiger charge is 2.28. The van der Waals surface area contributed by atoms with Gasteiger partial charge in [-0.05, 0) is 74.6 Å². The Kier molecular flexibility index (Phi) is 5.34. The van der Waals surface area contributed by atoms with E-state index in [9.17, 15) is 5.11 Å². The summed E-state index contributed by atoms with van der Waals surface area (Å²) in [5, 5.41) is 15.4. The van der Waals surface area contributed by atoms with Crippen LogP contribution >= 0.6 is 11.6 Å². The average Bonchev–Trinajstić information content (AvgIpc) is 3.42. The van der Waals surface area contributed by atoms with Gasteiger partial charge in [0.25, 0.3) is 0 Å². The molecule has 4 aromatic rings. The molecular formula is C26H23ClN4O. The van der Waals surface area contributed by atoms with Crippen LogP contribution in [0.1, 0.15) is 36.8 Å². The third-order valence-corrected chi connectivity index (χ3v) is 6.10. The van der Waals surface area contributed by atoms with Crippen molar-refractivity contribution in [2.24, 2.45) is 0 Å². The van der Waals surface area contributed by atoms with Crippen molar-refractivity contribution in [3.63, 3.8) is 0 Å². The Bertz CT molecular complexity index is 1360. The molecular weight excluding hydrogens is 420 g/mol. The van der Waals surface area contributed by atoms with E-state index in [4.69, 9.17) is 16.6 Å². The predicted molar refractivity (Wildman–Crippen MR) is 129 cm³/mol. The van der Waals surface area contributed by atoms with Crippen molar-refractivity contribution < 1.29 is 5.11 Å². The summed E-state index contributed by atoms with van der Waals surface area (Å²) in [7, 11) is 0. The number of anilines is 2. The molecule has 1 saturated carbocycles. The van der Waals surface area contributed by atoms with Gasteiger partial charge in [-0.2, -0.15) is 4.98 Å². The Labute approximate surface area is 192 Å². The molecule has 160 valence electrons. The lowest BCUT2D eigenvalue weighted by Crippen LogP contribution is -2.20. The average molecular weight is 443 g/mol. The van der Waals surface area contributed by atoms with Gasteiger partial charge in [-0.15, -0.1) is 0 Å². The molecule has 1 aliphatic carbocycles. The summed E-state index contributed by atoms with van der Waals surface area (Å²) in [5.74, 6) is 6.74. The van der Waals surface area contributed by atoms with Gasteiger partial charge in [-0.3, -0.25) is 0 Å². The van der Waals surface area contributed by atoms with Crippen LogP contribution in [0.3, 0.4) is 0 Å². The highest BCUT2D eigenvalue weighted by atomic mass is 35.5. The molecule has 1 fully saturated rings. The SMILES string of the molecule is Cc1ccc(Cl)cc1Nc1ncc2ccn(-c3cccc(C#CC4(O)CCCC4)c3)c2n1. The predicted octanol–water partition coefficient (Wildman–Crippen LogP) is 5.78. The van der Waals surface area contributed by atoms with Gasteiger partial charge in [0, 0.05) is 39.7 Å². The van der Waals surface area contributed by atoms with Crippen LogP contribution in [0.15, 0.2) is 60.9 Å². The maximum Gasteiger partial charge on any atom is 0.229 e. The summed E-state index contributed by atoms with van der Waals surface area (Å²) in [6, 6.07) is 15.6. The molecule has 0 unspecified atom stereocenters. The van der Waals surface area contributed by atoms with Crippen molar-refractivity contribution in [1.29, 1.82) is 0 Å². The van der Waals surface area contributed by atoms with Crippen molar-refractivity contribution in [1.82, 2.24) is 14.5 Å². The summed E-state index contributed by atoms with van der Waals surface area (Å²) in [5.41, 5.74) is 3.70. The van der Waals surface area contributed by atoms with E-state index in [1.165, 1.54) is 0 Å². The molecule has 0 bridgehead atoms. The fourth-order valence-corrected chi connectivity index (χ4v) is 4.22. The fraction of sp³-hybridized carbons (Fsp3) is 0.231. The molecule has 0 saturated heterocycles. The van der Waals surface area contributed by atoms with Crippen molar-refractivity contribution in [2.75, 3.05) is 5.32 Å². The van der Waals surface area contributed by atoms with Gasteiger partial charge in [-0.1, -0.05) is 35.6 Å². The number of halogens is 1. The summed E-state index contributed by atoms with van der Waals surface area (Å²) < 4.78 is 2.02. The Morgan fingerprint density at radius 2 is 1.97 bits per heavy atom. The van der Waals surface area contributed by atoms with Crippen molar-refractivity contribution in [3.05, 3.63) is 77.1 Å². The van der Waals surface area contributed by atoms with Crippen LogP contribution in [0, 0.1) is 18.8 Å². The number of hydrogen-bond acceptors (Lipinski definition) is 4. The van der Waals surface area contributed by atoms with E-state index >= 15 is 0 Å². The van der Waals surface area contributed by atoms with Gasteiger partial charge in [0.05, 0.1) is 0 Å². The maximum atomic E-state index is 10.5. The third kappa shape index (κ3) is 4.20. The van der Waals surface area contributed by atoms with Crippen molar-refractivity contribution in [2.45, 2.75) is 38.2 Å². The molecule has 0 spiro atoms. The van der Waals surface area contributed by atoms with Crippen LogP contribution in [0.4, 0.5) is 11.6 Å². The number of hydrogen-bond donors (Lipinski definition) is 2. The number of nitrogens with zero attached hydrogens (tertiary/aromatic N) is 3. The van der Waals surface area contributed by atoms with E-state index in [1.807, 2.05) is 66.2 Å². The molecule has 1 aliphatic rings. The summed E-state index contributed by atoms with van der Waals surface area (Å²) in [4.78, 5) is 9.20. The molecule has 2 heterocycles. The van der Waals surface area contributed by atoms with Crippen LogP contribution in [-0.4, -0.2) is 25.2 Å². The number of aryl methyl sites for hydroxylation is 1. The van der Waals surface area contributed by atoms with Crippen LogP contribution in [0.5, 0.6) is 0 Å². The van der Waals surface area contributed by atoms with E-state index in [2.05, 4.69) is 22.1 Å². The van der Waals surface area contributed by atoms with Crippen LogP contribution in [0.25, 0.3) is 16.7 Å². The molecule has 2 aromatic carbocycles. The first kappa shape index (κ1) is 20.6. The molecule has 5 rings (SSSR count). The monoisotopic (exact) mass is 442 g/mol. The normalized spacial score (nSPS) is 14.8. The number of benzene rings is 2. The van der Waals surface area contributed by atoms with Gasteiger partial charge < -0.3 is 15.0 Å². The minimum absolute atomic E-state index is 0.502. The van der Waals surface area contributed by atoms with Gasteiger partial charge in [0.2, 0.25) is 5.95 Å². The molecule has 0 radical (unpaired) electrons. The molecule has 2 N–H and O–H groups in total. The zero-order chi connectivity index (χ0) is 22.1. The number of nitrogens with one attached hydrogen (secondary N) is 1. The quantitative estimate of drug-likeness (QED) is 0.394. The molecule has 6 heteroatoms. The largest absolute Gasteiger partial charge is 0.378 e. The molecule has 2 aromatic heterocycles. The Hall–Kier alpha value is -3.33. The first-order valence-electron chi connectivity index (χ1n) is 10.7. The maximum absolute atomic E-state index is 10.5. The molecule has 5 nitrogen and oxygen atoms in total. The topological polar surface area (TPSA) is 63.0 Å². The van der Waals surface area contributed by atoms with E-state index in [0.717, 1.165) is 59.2 Å². The van der Waals surface area contributed by atoms with Gasteiger partial charge in [-0.25, -0.2) is 4.98 Å². The molecule has 0 aliphatic heterocycles. The number of aliphatic hydroxyl groups is 1. The Morgan fingerprint density at radius 1 is 1.12 bits per heavy atom. The minimum Gasteiger partial charge on any atom is -0.378 e. The number of rotatable bonds is 3. The Morgan fingerprint density at radius 3 is 2.81 bits per heavy atom. The van der Waals surface area contributed by atoms with Crippen LogP contribution in [-0.2, 0) is 0 Å². The first-order valence-corrected chi connectivity index (χ1v) is 11.1. The third-order valence-electron chi connectivity index (χ3n) is 5.87. The number of aromatic nitrogens is 3. The summed E-state index contributed by atoms with van der Waals surface area (Å²) in [6.45, 7) is 2.01. The van der Waals surface area contributed by atoms with Gasteiger partial charge in [0.15, 0.2) is 0 Å².